The quantitative estimate of drug-likeness (QED) is 0.798. The maximum Gasteiger partial charge on any atom is 0.202 e. The molecule has 0 fully saturated rings. The van der Waals surface area contributed by atoms with Crippen molar-refractivity contribution in [1.29, 1.82) is 0 Å². The van der Waals surface area contributed by atoms with Gasteiger partial charge in [0.25, 0.3) is 0 Å². The van der Waals surface area contributed by atoms with E-state index in [-0.39, 0.29) is 11.3 Å². The molecule has 19 heavy (non-hydrogen) atoms. The molecule has 0 aliphatic heterocycles. The standard InChI is InChI=1S/C14H9BrF2O2/c1-19-12-6-5-8(15)7-9(12)14(18)13-10(16)3-2-4-11(13)17/h2-7H,1H3. The van der Waals surface area contributed by atoms with Crippen LogP contribution in [0.1, 0.15) is 15.9 Å². The minimum Gasteiger partial charge on any atom is -0.496 e. The zero-order chi connectivity index (χ0) is 14.0. The molecule has 0 aliphatic carbocycles. The Bertz CT molecular complexity index is 621. The second kappa shape index (κ2) is 5.48. The fraction of sp³-hybridized carbons (Fsp3) is 0.0714. The summed E-state index contributed by atoms with van der Waals surface area (Å²) in [5.74, 6) is -2.29. The number of hydrogen-bond acceptors (Lipinski definition) is 2. The van der Waals surface area contributed by atoms with Gasteiger partial charge in [0, 0.05) is 4.47 Å². The molecule has 2 aromatic rings. The first-order chi connectivity index (χ1) is 9.04. The molecule has 0 saturated heterocycles. The van der Waals surface area contributed by atoms with E-state index in [1.807, 2.05) is 0 Å². The molecule has 98 valence electrons. The summed E-state index contributed by atoms with van der Waals surface area (Å²) >= 11 is 3.21. The van der Waals surface area contributed by atoms with Gasteiger partial charge in [-0.2, -0.15) is 0 Å². The topological polar surface area (TPSA) is 26.3 Å². The lowest BCUT2D eigenvalue weighted by Gasteiger charge is -2.09. The average molecular weight is 327 g/mol. The van der Waals surface area contributed by atoms with Crippen LogP contribution in [-0.4, -0.2) is 12.9 Å². The van der Waals surface area contributed by atoms with Gasteiger partial charge < -0.3 is 4.74 Å². The van der Waals surface area contributed by atoms with Gasteiger partial charge in [0.1, 0.15) is 17.4 Å². The summed E-state index contributed by atoms with van der Waals surface area (Å²) in [4.78, 5) is 12.2. The van der Waals surface area contributed by atoms with Crippen LogP contribution in [0, 0.1) is 11.6 Å². The first-order valence-corrected chi connectivity index (χ1v) is 6.16. The highest BCUT2D eigenvalue weighted by atomic mass is 79.9. The van der Waals surface area contributed by atoms with Crippen LogP contribution in [0.15, 0.2) is 40.9 Å². The van der Waals surface area contributed by atoms with Crippen molar-refractivity contribution in [2.24, 2.45) is 0 Å². The fourth-order valence-corrected chi connectivity index (χ4v) is 2.07. The van der Waals surface area contributed by atoms with Crippen LogP contribution >= 0.6 is 15.9 Å². The minimum atomic E-state index is -0.896. The van der Waals surface area contributed by atoms with Gasteiger partial charge in [0.05, 0.1) is 18.2 Å². The molecule has 0 amide bonds. The number of carbonyl (C=O) groups is 1. The van der Waals surface area contributed by atoms with Gasteiger partial charge in [-0.3, -0.25) is 4.79 Å². The molecule has 0 unspecified atom stereocenters. The lowest BCUT2D eigenvalue weighted by Crippen LogP contribution is -2.09. The third-order valence-electron chi connectivity index (χ3n) is 2.60. The zero-order valence-electron chi connectivity index (χ0n) is 9.91. The van der Waals surface area contributed by atoms with E-state index in [2.05, 4.69) is 15.9 Å². The van der Waals surface area contributed by atoms with E-state index in [9.17, 15) is 13.6 Å². The van der Waals surface area contributed by atoms with Crippen molar-refractivity contribution in [3.8, 4) is 5.75 Å². The first-order valence-electron chi connectivity index (χ1n) is 5.37. The summed E-state index contributed by atoms with van der Waals surface area (Å²) in [6, 6.07) is 7.98. The van der Waals surface area contributed by atoms with Crippen molar-refractivity contribution < 1.29 is 18.3 Å². The molecule has 0 aromatic heterocycles. The normalized spacial score (nSPS) is 10.3. The minimum absolute atomic E-state index is 0.0980. The van der Waals surface area contributed by atoms with Gasteiger partial charge in [-0.1, -0.05) is 22.0 Å². The second-order valence-electron chi connectivity index (χ2n) is 3.77. The Labute approximate surface area is 117 Å². The Balaban J connectivity index is 2.59. The van der Waals surface area contributed by atoms with Gasteiger partial charge in [-0.05, 0) is 30.3 Å². The maximum absolute atomic E-state index is 13.6. The highest BCUT2D eigenvalue weighted by Crippen LogP contribution is 2.27. The van der Waals surface area contributed by atoms with Crippen molar-refractivity contribution in [3.05, 3.63) is 63.6 Å². The third kappa shape index (κ3) is 2.66. The van der Waals surface area contributed by atoms with Crippen molar-refractivity contribution >= 4 is 21.7 Å². The Morgan fingerprint density at radius 3 is 2.37 bits per heavy atom. The molecule has 0 spiro atoms. The van der Waals surface area contributed by atoms with E-state index in [0.29, 0.717) is 4.47 Å². The summed E-state index contributed by atoms with van der Waals surface area (Å²) in [6.07, 6.45) is 0. The largest absolute Gasteiger partial charge is 0.496 e. The smallest absolute Gasteiger partial charge is 0.202 e. The molecule has 0 radical (unpaired) electrons. The molecular weight excluding hydrogens is 318 g/mol. The van der Waals surface area contributed by atoms with Gasteiger partial charge in [0.2, 0.25) is 5.78 Å². The Hall–Kier alpha value is -1.75. The maximum atomic E-state index is 13.6. The van der Waals surface area contributed by atoms with Crippen LogP contribution in [0.3, 0.4) is 0 Å². The zero-order valence-corrected chi connectivity index (χ0v) is 11.5. The SMILES string of the molecule is COc1ccc(Br)cc1C(=O)c1c(F)cccc1F. The lowest BCUT2D eigenvalue weighted by atomic mass is 10.0. The van der Waals surface area contributed by atoms with E-state index >= 15 is 0 Å². The van der Waals surface area contributed by atoms with Crippen molar-refractivity contribution in [2.45, 2.75) is 0 Å². The number of rotatable bonds is 3. The molecule has 2 nitrogen and oxygen atoms in total. The molecule has 0 heterocycles. The van der Waals surface area contributed by atoms with E-state index in [1.54, 1.807) is 12.1 Å². The Morgan fingerprint density at radius 2 is 1.79 bits per heavy atom. The van der Waals surface area contributed by atoms with Gasteiger partial charge >= 0.3 is 0 Å². The molecule has 2 rings (SSSR count). The van der Waals surface area contributed by atoms with Crippen LogP contribution in [0.5, 0.6) is 5.75 Å². The van der Waals surface area contributed by atoms with Crippen LogP contribution < -0.4 is 4.74 Å². The number of ketones is 1. The highest BCUT2D eigenvalue weighted by molar-refractivity contribution is 9.10. The van der Waals surface area contributed by atoms with E-state index in [4.69, 9.17) is 4.74 Å². The molecular formula is C14H9BrF2O2. The molecule has 0 aliphatic rings. The van der Waals surface area contributed by atoms with E-state index < -0.39 is 23.0 Å². The van der Waals surface area contributed by atoms with Crippen molar-refractivity contribution in [2.75, 3.05) is 7.11 Å². The van der Waals surface area contributed by atoms with Gasteiger partial charge in [-0.15, -0.1) is 0 Å². The number of methoxy groups -OCH3 is 1. The summed E-state index contributed by atoms with van der Waals surface area (Å²) in [7, 11) is 1.39. The fourth-order valence-electron chi connectivity index (χ4n) is 1.71. The van der Waals surface area contributed by atoms with Crippen LogP contribution in [0.4, 0.5) is 8.78 Å². The lowest BCUT2D eigenvalue weighted by molar-refractivity contribution is 0.102. The summed E-state index contributed by atoms with van der Waals surface area (Å²) in [5, 5.41) is 0. The van der Waals surface area contributed by atoms with Crippen molar-refractivity contribution in [3.63, 3.8) is 0 Å². The number of halogens is 3. The Kier molecular flexibility index (Phi) is 3.95. The van der Waals surface area contributed by atoms with E-state index in [1.165, 1.54) is 19.2 Å². The van der Waals surface area contributed by atoms with Crippen LogP contribution in [-0.2, 0) is 0 Å². The molecule has 0 N–H and O–H groups in total. The Morgan fingerprint density at radius 1 is 1.16 bits per heavy atom. The van der Waals surface area contributed by atoms with E-state index in [0.717, 1.165) is 12.1 Å². The summed E-state index contributed by atoms with van der Waals surface area (Å²) in [6.45, 7) is 0. The molecule has 5 heteroatoms. The van der Waals surface area contributed by atoms with Crippen LogP contribution in [0.25, 0.3) is 0 Å². The third-order valence-corrected chi connectivity index (χ3v) is 3.09. The second-order valence-corrected chi connectivity index (χ2v) is 4.69. The number of benzene rings is 2. The molecule has 2 aromatic carbocycles. The molecule has 0 bridgehead atoms. The monoisotopic (exact) mass is 326 g/mol. The summed E-state index contributed by atoms with van der Waals surface area (Å²) < 4.78 is 32.9. The number of hydrogen-bond donors (Lipinski definition) is 0. The number of carbonyl (C=O) groups excluding carboxylic acids is 1. The average Bonchev–Trinajstić information content (AvgIpc) is 2.38. The van der Waals surface area contributed by atoms with Crippen molar-refractivity contribution in [1.82, 2.24) is 0 Å². The van der Waals surface area contributed by atoms with Crippen LogP contribution in [0.2, 0.25) is 0 Å². The van der Waals surface area contributed by atoms with Gasteiger partial charge in [-0.25, -0.2) is 8.78 Å². The summed E-state index contributed by atoms with van der Waals surface area (Å²) in [5.41, 5.74) is -0.486. The predicted molar refractivity (Wildman–Crippen MR) is 70.5 cm³/mol. The highest BCUT2D eigenvalue weighted by Gasteiger charge is 2.21. The molecule has 0 saturated carbocycles. The predicted octanol–water partition coefficient (Wildman–Crippen LogP) is 3.97. The molecule has 0 atom stereocenters. The first kappa shape index (κ1) is 13.7. The number of ether oxygens (including phenoxy) is 1. The van der Waals surface area contributed by atoms with Gasteiger partial charge in [0.15, 0.2) is 0 Å².